The van der Waals surface area contributed by atoms with Gasteiger partial charge in [0.25, 0.3) is 0 Å². The molecule has 0 saturated heterocycles. The van der Waals surface area contributed by atoms with Crippen molar-refractivity contribution < 1.29 is 4.79 Å². The lowest BCUT2D eigenvalue weighted by Gasteiger charge is -2.29. The number of anilines is 1. The summed E-state index contributed by atoms with van der Waals surface area (Å²) in [5.74, 6) is 0.145. The lowest BCUT2D eigenvalue weighted by Crippen LogP contribution is -2.36. The molecule has 3 aromatic rings. The number of benzene rings is 2. The van der Waals surface area contributed by atoms with Gasteiger partial charge in [0.1, 0.15) is 0 Å². The van der Waals surface area contributed by atoms with Gasteiger partial charge in [-0.1, -0.05) is 29.8 Å². The Labute approximate surface area is 146 Å². The van der Waals surface area contributed by atoms with Crippen LogP contribution in [-0.4, -0.2) is 17.4 Å². The number of para-hydroxylation sites is 1. The maximum atomic E-state index is 13.0. The van der Waals surface area contributed by atoms with Crippen molar-refractivity contribution >= 4 is 34.1 Å². The summed E-state index contributed by atoms with van der Waals surface area (Å²) in [6.45, 7) is 2.80. The number of hydrogen-bond donors (Lipinski definition) is 1. The number of carbonyl (C=O) groups is 1. The first-order chi connectivity index (χ1) is 11.6. The number of amides is 1. The van der Waals surface area contributed by atoms with E-state index in [1.165, 1.54) is 5.56 Å². The van der Waals surface area contributed by atoms with Crippen LogP contribution in [0.2, 0.25) is 5.02 Å². The summed E-state index contributed by atoms with van der Waals surface area (Å²) in [6.07, 6.45) is 2.45. The molecular formula is C20H19ClN2O. The Bertz CT molecular complexity index is 929. The Morgan fingerprint density at radius 3 is 2.96 bits per heavy atom. The molecule has 4 heteroatoms. The van der Waals surface area contributed by atoms with Crippen molar-refractivity contribution in [1.82, 2.24) is 4.98 Å². The van der Waals surface area contributed by atoms with Gasteiger partial charge in [0.2, 0.25) is 5.91 Å². The summed E-state index contributed by atoms with van der Waals surface area (Å²) < 4.78 is 0. The van der Waals surface area contributed by atoms with E-state index >= 15 is 0 Å². The van der Waals surface area contributed by atoms with Gasteiger partial charge in [-0.15, -0.1) is 0 Å². The predicted octanol–water partition coefficient (Wildman–Crippen LogP) is 4.65. The number of aromatic amines is 1. The standard InChI is InChI=1S/C20H19ClN2O/c1-13-16(17-11-15(21)8-9-18(17)22-13)12-20(24)23-10-4-6-14-5-2-3-7-19(14)23/h2-3,5,7-9,11,22H,4,6,10,12H2,1H3. The summed E-state index contributed by atoms with van der Waals surface area (Å²) >= 11 is 6.14. The van der Waals surface area contributed by atoms with Crippen LogP contribution in [0.4, 0.5) is 5.69 Å². The molecule has 122 valence electrons. The smallest absolute Gasteiger partial charge is 0.231 e. The number of nitrogens with zero attached hydrogens (tertiary/aromatic N) is 1. The lowest BCUT2D eigenvalue weighted by atomic mass is 10.0. The van der Waals surface area contributed by atoms with Crippen molar-refractivity contribution in [1.29, 1.82) is 0 Å². The molecule has 0 saturated carbocycles. The average Bonchev–Trinajstić information content (AvgIpc) is 2.89. The molecule has 4 rings (SSSR count). The Morgan fingerprint density at radius 1 is 1.25 bits per heavy atom. The number of H-pyrrole nitrogens is 1. The lowest BCUT2D eigenvalue weighted by molar-refractivity contribution is -0.118. The molecule has 1 aliphatic rings. The number of fused-ring (bicyclic) bond motifs is 2. The van der Waals surface area contributed by atoms with Gasteiger partial charge in [-0.2, -0.15) is 0 Å². The maximum absolute atomic E-state index is 13.0. The Balaban J connectivity index is 1.68. The van der Waals surface area contributed by atoms with Crippen LogP contribution in [0, 0.1) is 6.92 Å². The molecule has 0 bridgehead atoms. The number of nitrogens with one attached hydrogen (secondary N) is 1. The highest BCUT2D eigenvalue weighted by Crippen LogP contribution is 2.30. The highest BCUT2D eigenvalue weighted by molar-refractivity contribution is 6.31. The number of hydrogen-bond acceptors (Lipinski definition) is 1. The van der Waals surface area contributed by atoms with Crippen LogP contribution in [0.5, 0.6) is 0 Å². The topological polar surface area (TPSA) is 36.1 Å². The maximum Gasteiger partial charge on any atom is 0.231 e. The van der Waals surface area contributed by atoms with Gasteiger partial charge >= 0.3 is 0 Å². The van der Waals surface area contributed by atoms with Crippen LogP contribution in [0.3, 0.4) is 0 Å². The van der Waals surface area contributed by atoms with E-state index in [4.69, 9.17) is 11.6 Å². The van der Waals surface area contributed by atoms with Gasteiger partial charge in [-0.05, 0) is 55.2 Å². The van der Waals surface area contributed by atoms with Gasteiger partial charge < -0.3 is 9.88 Å². The summed E-state index contributed by atoms with van der Waals surface area (Å²) in [6, 6.07) is 14.0. The highest BCUT2D eigenvalue weighted by atomic mass is 35.5. The first kappa shape index (κ1) is 15.3. The van der Waals surface area contributed by atoms with Gasteiger partial charge in [0.05, 0.1) is 6.42 Å². The Morgan fingerprint density at radius 2 is 2.08 bits per heavy atom. The predicted molar refractivity (Wildman–Crippen MR) is 98.9 cm³/mol. The van der Waals surface area contributed by atoms with E-state index in [2.05, 4.69) is 11.1 Å². The quantitative estimate of drug-likeness (QED) is 0.725. The van der Waals surface area contributed by atoms with Gasteiger partial charge in [-0.3, -0.25) is 4.79 Å². The first-order valence-corrected chi connectivity index (χ1v) is 8.66. The van der Waals surface area contributed by atoms with E-state index in [-0.39, 0.29) is 5.91 Å². The third kappa shape index (κ3) is 2.59. The van der Waals surface area contributed by atoms with Crippen LogP contribution in [0.25, 0.3) is 10.9 Å². The normalized spacial score (nSPS) is 14.0. The molecule has 0 aliphatic carbocycles. The fourth-order valence-electron chi connectivity index (χ4n) is 3.62. The monoisotopic (exact) mass is 338 g/mol. The number of halogens is 1. The molecule has 1 N–H and O–H groups in total. The van der Waals surface area contributed by atoms with Crippen molar-refractivity contribution in [3.05, 3.63) is 64.3 Å². The zero-order valence-corrected chi connectivity index (χ0v) is 14.4. The third-order valence-corrected chi connectivity index (χ3v) is 5.06. The van der Waals surface area contributed by atoms with Crippen molar-refractivity contribution in [2.45, 2.75) is 26.2 Å². The van der Waals surface area contributed by atoms with Gasteiger partial charge in [0, 0.05) is 33.9 Å². The number of aromatic nitrogens is 1. The Kier molecular flexibility index (Phi) is 3.81. The van der Waals surface area contributed by atoms with E-state index in [0.29, 0.717) is 11.4 Å². The van der Waals surface area contributed by atoms with Crippen LogP contribution < -0.4 is 4.90 Å². The molecular weight excluding hydrogens is 320 g/mol. The summed E-state index contributed by atoms with van der Waals surface area (Å²) in [4.78, 5) is 18.3. The third-order valence-electron chi connectivity index (χ3n) is 4.82. The minimum atomic E-state index is 0.145. The zero-order valence-electron chi connectivity index (χ0n) is 13.6. The molecule has 2 heterocycles. The summed E-state index contributed by atoms with van der Waals surface area (Å²) in [7, 11) is 0. The van der Waals surface area contributed by atoms with Crippen LogP contribution in [-0.2, 0) is 17.6 Å². The average molecular weight is 339 g/mol. The number of aryl methyl sites for hydroxylation is 2. The first-order valence-electron chi connectivity index (χ1n) is 8.28. The van der Waals surface area contributed by atoms with Crippen molar-refractivity contribution in [2.75, 3.05) is 11.4 Å². The van der Waals surface area contributed by atoms with Gasteiger partial charge in [0.15, 0.2) is 0 Å². The molecule has 1 aliphatic heterocycles. The van der Waals surface area contributed by atoms with Crippen LogP contribution >= 0.6 is 11.6 Å². The number of carbonyl (C=O) groups excluding carboxylic acids is 1. The molecule has 1 aromatic heterocycles. The highest BCUT2D eigenvalue weighted by Gasteiger charge is 2.23. The molecule has 0 radical (unpaired) electrons. The van der Waals surface area contributed by atoms with E-state index < -0.39 is 0 Å². The van der Waals surface area contributed by atoms with E-state index in [9.17, 15) is 4.79 Å². The Hall–Kier alpha value is -2.26. The molecule has 0 unspecified atom stereocenters. The molecule has 2 aromatic carbocycles. The molecule has 0 fully saturated rings. The zero-order chi connectivity index (χ0) is 16.7. The molecule has 1 amide bonds. The molecule has 0 spiro atoms. The van der Waals surface area contributed by atoms with Crippen LogP contribution in [0.1, 0.15) is 23.2 Å². The minimum Gasteiger partial charge on any atom is -0.358 e. The fourth-order valence-corrected chi connectivity index (χ4v) is 3.79. The SMILES string of the molecule is Cc1[nH]c2ccc(Cl)cc2c1CC(=O)N1CCCc2ccccc21. The van der Waals surface area contributed by atoms with Crippen molar-refractivity contribution in [3.8, 4) is 0 Å². The van der Waals surface area contributed by atoms with Crippen molar-refractivity contribution in [2.24, 2.45) is 0 Å². The molecule has 24 heavy (non-hydrogen) atoms. The van der Waals surface area contributed by atoms with Crippen molar-refractivity contribution in [3.63, 3.8) is 0 Å². The minimum absolute atomic E-state index is 0.145. The summed E-state index contributed by atoms with van der Waals surface area (Å²) in [5.41, 5.74) is 5.42. The second-order valence-electron chi connectivity index (χ2n) is 6.37. The van der Waals surface area contributed by atoms with Crippen LogP contribution in [0.15, 0.2) is 42.5 Å². The van der Waals surface area contributed by atoms with E-state index in [1.807, 2.05) is 48.2 Å². The molecule has 0 atom stereocenters. The number of rotatable bonds is 2. The van der Waals surface area contributed by atoms with E-state index in [1.54, 1.807) is 0 Å². The second kappa shape index (κ2) is 5.99. The summed E-state index contributed by atoms with van der Waals surface area (Å²) in [5, 5.41) is 1.73. The van der Waals surface area contributed by atoms with Gasteiger partial charge in [-0.25, -0.2) is 0 Å². The molecule has 3 nitrogen and oxygen atoms in total. The largest absolute Gasteiger partial charge is 0.358 e. The fraction of sp³-hybridized carbons (Fsp3) is 0.250. The second-order valence-corrected chi connectivity index (χ2v) is 6.81. The van der Waals surface area contributed by atoms with E-state index in [0.717, 1.165) is 47.2 Å².